The van der Waals surface area contributed by atoms with Crippen molar-refractivity contribution in [2.24, 2.45) is 5.92 Å². The zero-order valence-electron chi connectivity index (χ0n) is 13.3. The van der Waals surface area contributed by atoms with Gasteiger partial charge in [0.05, 0.1) is 0 Å². The molecule has 1 N–H and O–H groups in total. The number of aryl methyl sites for hydroxylation is 1. The Morgan fingerprint density at radius 3 is 2.42 bits per heavy atom. The predicted octanol–water partition coefficient (Wildman–Crippen LogP) is 4.77. The van der Waals surface area contributed by atoms with Crippen LogP contribution >= 0.6 is 0 Å². The van der Waals surface area contributed by atoms with E-state index < -0.39 is 0 Å². The summed E-state index contributed by atoms with van der Waals surface area (Å²) in [6.07, 6.45) is 12.8. The lowest BCUT2D eigenvalue weighted by molar-refractivity contribution is 0.442. The third kappa shape index (κ3) is 5.82. The maximum atomic E-state index is 3.41. The highest BCUT2D eigenvalue weighted by Gasteiger charge is 2.14. The van der Waals surface area contributed by atoms with Crippen molar-refractivity contribution < 1.29 is 0 Å². The zero-order chi connectivity index (χ0) is 14.1. The quantitative estimate of drug-likeness (QED) is 0.603. The van der Waals surface area contributed by atoms with Gasteiger partial charge in [0.1, 0.15) is 0 Å². The Labute approximate surface area is 119 Å². The summed E-state index contributed by atoms with van der Waals surface area (Å²) in [5.74, 6) is 0.634. The van der Waals surface area contributed by atoms with Gasteiger partial charge in [0.25, 0.3) is 0 Å². The maximum absolute atomic E-state index is 3.41. The second kappa shape index (κ2) is 9.19. The highest BCUT2D eigenvalue weighted by atomic mass is 15.0. The van der Waals surface area contributed by atoms with Crippen molar-refractivity contribution in [2.75, 3.05) is 7.05 Å². The topological polar surface area (TPSA) is 17.0 Å². The van der Waals surface area contributed by atoms with E-state index in [9.17, 15) is 0 Å². The molecule has 110 valence electrons. The van der Waals surface area contributed by atoms with Crippen LogP contribution in [-0.2, 0) is 6.54 Å². The molecule has 0 bridgehead atoms. The SMILES string of the molecule is CCCCCCCCn1ccc(C(NC)C(C)C)c1. The summed E-state index contributed by atoms with van der Waals surface area (Å²) in [5.41, 5.74) is 1.42. The minimum absolute atomic E-state index is 0.478. The lowest BCUT2D eigenvalue weighted by Gasteiger charge is -2.18. The Balaban J connectivity index is 2.30. The molecule has 0 aliphatic rings. The fraction of sp³-hybridized carbons (Fsp3) is 0.765. The van der Waals surface area contributed by atoms with Crippen molar-refractivity contribution in [3.63, 3.8) is 0 Å². The summed E-state index contributed by atoms with van der Waals surface area (Å²) in [4.78, 5) is 0. The average Bonchev–Trinajstić information content (AvgIpc) is 2.82. The van der Waals surface area contributed by atoms with E-state index in [2.05, 4.69) is 56.2 Å². The molecule has 1 unspecified atom stereocenters. The van der Waals surface area contributed by atoms with Crippen LogP contribution in [0.25, 0.3) is 0 Å². The Bertz CT molecular complexity index is 328. The van der Waals surface area contributed by atoms with Crippen molar-refractivity contribution in [2.45, 2.75) is 71.9 Å². The standard InChI is InChI=1S/C17H32N2/c1-5-6-7-8-9-10-12-19-13-11-16(14-19)17(18-4)15(2)3/h11,13-15,17-18H,5-10,12H2,1-4H3. The molecule has 0 radical (unpaired) electrons. The fourth-order valence-corrected chi connectivity index (χ4v) is 2.74. The van der Waals surface area contributed by atoms with Crippen molar-refractivity contribution in [3.8, 4) is 0 Å². The molecule has 0 amide bonds. The highest BCUT2D eigenvalue weighted by molar-refractivity contribution is 5.16. The number of hydrogen-bond donors (Lipinski definition) is 1. The molecule has 1 aromatic rings. The van der Waals surface area contributed by atoms with E-state index in [-0.39, 0.29) is 0 Å². The van der Waals surface area contributed by atoms with Gasteiger partial charge in [-0.1, -0.05) is 52.9 Å². The van der Waals surface area contributed by atoms with Gasteiger partial charge in [-0.25, -0.2) is 0 Å². The molecule has 0 saturated heterocycles. The van der Waals surface area contributed by atoms with E-state index in [1.807, 2.05) is 0 Å². The molecule has 0 aliphatic carbocycles. The first kappa shape index (κ1) is 16.3. The molecule has 0 aromatic carbocycles. The van der Waals surface area contributed by atoms with Crippen molar-refractivity contribution >= 4 is 0 Å². The van der Waals surface area contributed by atoms with Crippen molar-refractivity contribution in [1.82, 2.24) is 9.88 Å². The van der Waals surface area contributed by atoms with E-state index in [0.717, 1.165) is 0 Å². The summed E-state index contributed by atoms with van der Waals surface area (Å²) < 4.78 is 2.35. The van der Waals surface area contributed by atoms with Gasteiger partial charge in [0.2, 0.25) is 0 Å². The lowest BCUT2D eigenvalue weighted by Crippen LogP contribution is -2.21. The molecule has 1 rings (SSSR count). The molecular weight excluding hydrogens is 232 g/mol. The fourth-order valence-electron chi connectivity index (χ4n) is 2.74. The molecule has 0 aliphatic heterocycles. The lowest BCUT2D eigenvalue weighted by atomic mass is 9.99. The van der Waals surface area contributed by atoms with Crippen LogP contribution in [-0.4, -0.2) is 11.6 Å². The van der Waals surface area contributed by atoms with Gasteiger partial charge < -0.3 is 9.88 Å². The van der Waals surface area contributed by atoms with E-state index in [1.54, 1.807) is 0 Å². The first-order valence-electron chi connectivity index (χ1n) is 8.02. The van der Waals surface area contributed by atoms with Gasteiger partial charge >= 0.3 is 0 Å². The van der Waals surface area contributed by atoms with Crippen molar-refractivity contribution in [3.05, 3.63) is 24.0 Å². The van der Waals surface area contributed by atoms with Crippen LogP contribution in [0.2, 0.25) is 0 Å². The number of hydrogen-bond acceptors (Lipinski definition) is 1. The number of nitrogens with one attached hydrogen (secondary N) is 1. The second-order valence-electron chi connectivity index (χ2n) is 5.96. The van der Waals surface area contributed by atoms with Gasteiger partial charge in [-0.15, -0.1) is 0 Å². The monoisotopic (exact) mass is 264 g/mol. The van der Waals surface area contributed by atoms with Gasteiger partial charge in [0, 0.05) is 25.0 Å². The summed E-state index contributed by atoms with van der Waals surface area (Å²) >= 11 is 0. The molecule has 1 heterocycles. The third-order valence-electron chi connectivity index (χ3n) is 3.88. The summed E-state index contributed by atoms with van der Waals surface area (Å²) in [5, 5.41) is 3.41. The van der Waals surface area contributed by atoms with Crippen LogP contribution in [0.4, 0.5) is 0 Å². The summed E-state index contributed by atoms with van der Waals surface area (Å²) in [6, 6.07) is 2.74. The number of aromatic nitrogens is 1. The van der Waals surface area contributed by atoms with Crippen LogP contribution in [0.3, 0.4) is 0 Å². The molecule has 1 atom stereocenters. The third-order valence-corrected chi connectivity index (χ3v) is 3.88. The second-order valence-corrected chi connectivity index (χ2v) is 5.96. The molecule has 0 fully saturated rings. The van der Waals surface area contributed by atoms with E-state index in [0.29, 0.717) is 12.0 Å². The van der Waals surface area contributed by atoms with E-state index in [1.165, 1.54) is 50.6 Å². The van der Waals surface area contributed by atoms with Crippen LogP contribution < -0.4 is 5.32 Å². The van der Waals surface area contributed by atoms with Crippen LogP contribution in [0.1, 0.15) is 70.9 Å². The van der Waals surface area contributed by atoms with Gasteiger partial charge in [-0.2, -0.15) is 0 Å². The summed E-state index contributed by atoms with van der Waals surface area (Å²) in [7, 11) is 2.05. The molecule has 0 spiro atoms. The Morgan fingerprint density at radius 1 is 1.11 bits per heavy atom. The number of unbranched alkanes of at least 4 members (excludes halogenated alkanes) is 5. The Hall–Kier alpha value is -0.760. The zero-order valence-corrected chi connectivity index (χ0v) is 13.3. The van der Waals surface area contributed by atoms with Crippen molar-refractivity contribution in [1.29, 1.82) is 0 Å². The number of rotatable bonds is 10. The molecule has 19 heavy (non-hydrogen) atoms. The van der Waals surface area contributed by atoms with E-state index >= 15 is 0 Å². The Kier molecular flexibility index (Phi) is 7.88. The van der Waals surface area contributed by atoms with Gasteiger partial charge in [-0.3, -0.25) is 0 Å². The minimum atomic E-state index is 0.478. The summed E-state index contributed by atoms with van der Waals surface area (Å²) in [6.45, 7) is 7.98. The van der Waals surface area contributed by atoms with Crippen LogP contribution in [0.5, 0.6) is 0 Å². The smallest absolute Gasteiger partial charge is 0.0355 e. The first-order valence-corrected chi connectivity index (χ1v) is 8.02. The van der Waals surface area contributed by atoms with E-state index in [4.69, 9.17) is 0 Å². The first-order chi connectivity index (χ1) is 9.19. The minimum Gasteiger partial charge on any atom is -0.354 e. The van der Waals surface area contributed by atoms with Crippen LogP contribution in [0.15, 0.2) is 18.5 Å². The largest absolute Gasteiger partial charge is 0.354 e. The molecule has 1 aromatic heterocycles. The Morgan fingerprint density at radius 2 is 1.79 bits per heavy atom. The molecule has 2 heteroatoms. The predicted molar refractivity (Wildman–Crippen MR) is 84.4 cm³/mol. The van der Waals surface area contributed by atoms with Crippen LogP contribution in [0, 0.1) is 5.92 Å². The normalized spacial score (nSPS) is 13.1. The van der Waals surface area contributed by atoms with Gasteiger partial charge in [0.15, 0.2) is 0 Å². The highest BCUT2D eigenvalue weighted by Crippen LogP contribution is 2.21. The molecule has 2 nitrogen and oxygen atoms in total. The average molecular weight is 264 g/mol. The van der Waals surface area contributed by atoms with Gasteiger partial charge in [-0.05, 0) is 31.0 Å². The maximum Gasteiger partial charge on any atom is 0.0355 e. The number of nitrogens with zero attached hydrogens (tertiary/aromatic N) is 1. The molecular formula is C17H32N2. The molecule has 0 saturated carbocycles.